The monoisotopic (exact) mass is 457 g/mol. The van der Waals surface area contributed by atoms with Crippen LogP contribution in [0.1, 0.15) is 21.5 Å². The van der Waals surface area contributed by atoms with E-state index in [1.54, 1.807) is 48.5 Å². The summed E-state index contributed by atoms with van der Waals surface area (Å²) in [7, 11) is -3.77. The van der Waals surface area contributed by atoms with Gasteiger partial charge in [-0.25, -0.2) is 8.42 Å². The number of alkyl halides is 1. The van der Waals surface area contributed by atoms with Crippen LogP contribution in [0.5, 0.6) is 0 Å². The van der Waals surface area contributed by atoms with E-state index in [4.69, 9.17) is 0 Å². The van der Waals surface area contributed by atoms with E-state index in [1.165, 1.54) is 4.31 Å². The van der Waals surface area contributed by atoms with E-state index in [0.717, 1.165) is 11.1 Å². The number of anilines is 1. The van der Waals surface area contributed by atoms with Crippen LogP contribution in [0.15, 0.2) is 83.8 Å². The summed E-state index contributed by atoms with van der Waals surface area (Å²) in [5, 5.41) is 0.224. The summed E-state index contributed by atoms with van der Waals surface area (Å²) < 4.78 is 28.1. The van der Waals surface area contributed by atoms with E-state index < -0.39 is 10.0 Å². The summed E-state index contributed by atoms with van der Waals surface area (Å²) in [5.74, 6) is -0.0532. The molecule has 0 aliphatic heterocycles. The predicted molar refractivity (Wildman–Crippen MR) is 116 cm³/mol. The largest absolute Gasteiger partial charge is 0.293 e. The third-order valence-electron chi connectivity index (χ3n) is 4.38. The second-order valence-corrected chi connectivity index (χ2v) is 8.84. The normalized spacial score (nSPS) is 11.2. The van der Waals surface area contributed by atoms with Gasteiger partial charge in [0.25, 0.3) is 10.0 Å². The first-order valence-electron chi connectivity index (χ1n) is 8.74. The highest BCUT2D eigenvalue weighted by atomic mass is 79.9. The van der Waals surface area contributed by atoms with Crippen molar-refractivity contribution in [3.63, 3.8) is 0 Å². The summed E-state index contributed by atoms with van der Waals surface area (Å²) >= 11 is 3.16. The van der Waals surface area contributed by atoms with Crippen LogP contribution in [-0.4, -0.2) is 19.5 Å². The molecule has 4 nitrogen and oxygen atoms in total. The first-order valence-corrected chi connectivity index (χ1v) is 11.3. The zero-order valence-electron chi connectivity index (χ0n) is 15.4. The van der Waals surface area contributed by atoms with Crippen LogP contribution in [-0.2, 0) is 16.6 Å². The molecular weight excluding hydrogens is 438 g/mol. The molecule has 0 unspecified atom stereocenters. The van der Waals surface area contributed by atoms with Crippen LogP contribution in [0.2, 0.25) is 0 Å². The molecule has 0 spiro atoms. The molecule has 0 aliphatic carbocycles. The lowest BCUT2D eigenvalue weighted by atomic mass is 10.1. The van der Waals surface area contributed by atoms with Crippen molar-refractivity contribution in [2.24, 2.45) is 0 Å². The lowest BCUT2D eigenvalue weighted by molar-refractivity contribution is 0.102. The Kier molecular flexibility index (Phi) is 6.31. The molecule has 0 atom stereocenters. The van der Waals surface area contributed by atoms with Crippen molar-refractivity contribution < 1.29 is 13.2 Å². The standard InChI is InChI=1S/C22H20BrNO3S/c1-17-7-13-21(14-8-17)28(26,27)24(16-18-5-3-2-4-6-18)20-11-9-19(10-12-20)22(25)15-23/h2-14H,15-16H2,1H3. The van der Waals surface area contributed by atoms with E-state index >= 15 is 0 Å². The van der Waals surface area contributed by atoms with Gasteiger partial charge < -0.3 is 0 Å². The molecule has 3 aromatic carbocycles. The molecule has 3 rings (SSSR count). The highest BCUT2D eigenvalue weighted by Gasteiger charge is 2.25. The summed E-state index contributed by atoms with van der Waals surface area (Å²) in [6, 6.07) is 22.9. The average Bonchev–Trinajstić information content (AvgIpc) is 2.72. The number of hydrogen-bond acceptors (Lipinski definition) is 3. The van der Waals surface area contributed by atoms with Gasteiger partial charge in [-0.15, -0.1) is 0 Å². The maximum Gasteiger partial charge on any atom is 0.264 e. The van der Waals surface area contributed by atoms with E-state index in [0.29, 0.717) is 11.3 Å². The highest BCUT2D eigenvalue weighted by Crippen LogP contribution is 2.27. The van der Waals surface area contributed by atoms with Gasteiger partial charge in [-0.3, -0.25) is 9.10 Å². The van der Waals surface area contributed by atoms with Crippen molar-refractivity contribution in [3.05, 3.63) is 95.6 Å². The molecule has 0 radical (unpaired) electrons. The number of ketones is 1. The Morgan fingerprint density at radius 2 is 1.50 bits per heavy atom. The number of hydrogen-bond donors (Lipinski definition) is 0. The van der Waals surface area contributed by atoms with Crippen LogP contribution in [0.25, 0.3) is 0 Å². The number of halogens is 1. The number of aryl methyl sites for hydroxylation is 1. The summed E-state index contributed by atoms with van der Waals surface area (Å²) in [6.45, 7) is 2.11. The third-order valence-corrected chi connectivity index (χ3v) is 6.67. The lowest BCUT2D eigenvalue weighted by Crippen LogP contribution is -2.30. The Balaban J connectivity index is 2.04. The van der Waals surface area contributed by atoms with Gasteiger partial charge in [-0.1, -0.05) is 64.0 Å². The fourth-order valence-electron chi connectivity index (χ4n) is 2.79. The molecule has 0 amide bonds. The van der Waals surface area contributed by atoms with Crippen LogP contribution >= 0.6 is 15.9 Å². The number of benzene rings is 3. The van der Waals surface area contributed by atoms with Gasteiger partial charge in [0, 0.05) is 5.56 Å². The van der Waals surface area contributed by atoms with Crippen LogP contribution in [0.4, 0.5) is 5.69 Å². The molecule has 0 aromatic heterocycles. The molecule has 0 saturated heterocycles. The zero-order chi connectivity index (χ0) is 20.1. The van der Waals surface area contributed by atoms with Gasteiger partial charge in [0.2, 0.25) is 0 Å². The first kappa shape index (κ1) is 20.3. The summed E-state index contributed by atoms with van der Waals surface area (Å²) in [4.78, 5) is 12.1. The minimum Gasteiger partial charge on any atom is -0.293 e. The van der Waals surface area contributed by atoms with Gasteiger partial charge in [0.15, 0.2) is 5.78 Å². The second-order valence-electron chi connectivity index (χ2n) is 6.41. The van der Waals surface area contributed by atoms with Crippen molar-refractivity contribution in [1.82, 2.24) is 0 Å². The van der Waals surface area contributed by atoms with Crippen LogP contribution in [0.3, 0.4) is 0 Å². The molecule has 3 aromatic rings. The van der Waals surface area contributed by atoms with E-state index in [-0.39, 0.29) is 22.6 Å². The highest BCUT2D eigenvalue weighted by molar-refractivity contribution is 9.09. The molecule has 144 valence electrons. The molecule has 0 bridgehead atoms. The first-order chi connectivity index (χ1) is 13.4. The minimum atomic E-state index is -3.77. The fraction of sp³-hybridized carbons (Fsp3) is 0.136. The average molecular weight is 458 g/mol. The Hall–Kier alpha value is -2.44. The number of rotatable bonds is 7. The van der Waals surface area contributed by atoms with Crippen molar-refractivity contribution in [3.8, 4) is 0 Å². The summed E-state index contributed by atoms with van der Waals surface area (Å²) in [6.07, 6.45) is 0. The Bertz CT molecular complexity index is 1050. The van der Waals surface area contributed by atoms with Crippen molar-refractivity contribution in [2.75, 3.05) is 9.64 Å². The number of nitrogens with zero attached hydrogens (tertiary/aromatic N) is 1. The maximum atomic E-state index is 13.4. The zero-order valence-corrected chi connectivity index (χ0v) is 17.8. The number of carbonyl (C=O) groups excluding carboxylic acids is 1. The van der Waals surface area contributed by atoms with Gasteiger partial charge >= 0.3 is 0 Å². The van der Waals surface area contributed by atoms with E-state index in [2.05, 4.69) is 15.9 Å². The molecule has 0 N–H and O–H groups in total. The minimum absolute atomic E-state index is 0.0532. The molecule has 0 aliphatic rings. The second kappa shape index (κ2) is 8.71. The van der Waals surface area contributed by atoms with Crippen molar-refractivity contribution >= 4 is 37.4 Å². The fourth-order valence-corrected chi connectivity index (χ4v) is 4.57. The predicted octanol–water partition coefficient (Wildman–Crippen LogP) is 4.97. The van der Waals surface area contributed by atoms with Gasteiger partial charge in [-0.2, -0.15) is 0 Å². The van der Waals surface area contributed by atoms with E-state index in [9.17, 15) is 13.2 Å². The van der Waals surface area contributed by atoms with E-state index in [1.807, 2.05) is 37.3 Å². The third kappa shape index (κ3) is 4.51. The Morgan fingerprint density at radius 3 is 2.07 bits per heavy atom. The lowest BCUT2D eigenvalue weighted by Gasteiger charge is -2.25. The maximum absolute atomic E-state index is 13.4. The van der Waals surface area contributed by atoms with Crippen LogP contribution < -0.4 is 4.31 Å². The quantitative estimate of drug-likeness (QED) is 0.371. The topological polar surface area (TPSA) is 54.5 Å². The summed E-state index contributed by atoms with van der Waals surface area (Å²) in [5.41, 5.74) is 2.91. The number of sulfonamides is 1. The van der Waals surface area contributed by atoms with Crippen molar-refractivity contribution in [1.29, 1.82) is 0 Å². The molecule has 0 saturated carbocycles. The SMILES string of the molecule is Cc1ccc(S(=O)(=O)N(Cc2ccccc2)c2ccc(C(=O)CBr)cc2)cc1. The molecular formula is C22H20BrNO3S. The van der Waals surface area contributed by atoms with Gasteiger partial charge in [-0.05, 0) is 48.9 Å². The molecule has 0 heterocycles. The molecule has 0 fully saturated rings. The van der Waals surface area contributed by atoms with Crippen molar-refractivity contribution in [2.45, 2.75) is 18.4 Å². The van der Waals surface area contributed by atoms with Gasteiger partial charge in [0.05, 0.1) is 22.5 Å². The van der Waals surface area contributed by atoms with Gasteiger partial charge in [0.1, 0.15) is 0 Å². The number of Topliss-reactive ketones (excluding diaryl/α,β-unsaturated/α-hetero) is 1. The Morgan fingerprint density at radius 1 is 0.893 bits per heavy atom. The Labute approximate surface area is 174 Å². The molecule has 28 heavy (non-hydrogen) atoms. The number of carbonyl (C=O) groups is 1. The molecule has 6 heteroatoms. The smallest absolute Gasteiger partial charge is 0.264 e. The van der Waals surface area contributed by atoms with Crippen LogP contribution in [0, 0.1) is 6.92 Å².